The second-order valence-corrected chi connectivity index (χ2v) is 6.21. The van der Waals surface area contributed by atoms with Gasteiger partial charge in [-0.1, -0.05) is 36.4 Å². The molecule has 9 heteroatoms. The van der Waals surface area contributed by atoms with Gasteiger partial charge in [-0.15, -0.1) is 21.5 Å². The summed E-state index contributed by atoms with van der Waals surface area (Å²) >= 11 is 1.50. The van der Waals surface area contributed by atoms with Crippen molar-refractivity contribution in [3.63, 3.8) is 0 Å². The van der Waals surface area contributed by atoms with Gasteiger partial charge in [0.1, 0.15) is 0 Å². The van der Waals surface area contributed by atoms with E-state index >= 15 is 0 Å². The number of oxazole rings is 1. The van der Waals surface area contributed by atoms with E-state index in [1.165, 1.54) is 16.1 Å². The number of carbonyl (C=O) groups excluding carboxylic acids is 1. The first kappa shape index (κ1) is 16.2. The Morgan fingerprint density at radius 3 is 2.88 bits per heavy atom. The molecule has 3 aromatic heterocycles. The van der Waals surface area contributed by atoms with Gasteiger partial charge in [0, 0.05) is 5.56 Å². The molecule has 0 fully saturated rings. The van der Waals surface area contributed by atoms with E-state index < -0.39 is 5.97 Å². The Bertz CT molecular complexity index is 995. The zero-order valence-corrected chi connectivity index (χ0v) is 14.3. The van der Waals surface area contributed by atoms with Crippen LogP contribution in [0.3, 0.4) is 0 Å². The van der Waals surface area contributed by atoms with Gasteiger partial charge in [-0.3, -0.25) is 0 Å². The fourth-order valence-electron chi connectivity index (χ4n) is 2.23. The molecule has 0 saturated heterocycles. The monoisotopic (exact) mass is 367 g/mol. The van der Waals surface area contributed by atoms with Crippen molar-refractivity contribution < 1.29 is 13.9 Å². The molecule has 0 aliphatic heterocycles. The summed E-state index contributed by atoms with van der Waals surface area (Å²) < 4.78 is 10.7. The number of ether oxygens (including phenoxy) is 1. The zero-order valence-electron chi connectivity index (χ0n) is 13.5. The highest BCUT2D eigenvalue weighted by Gasteiger charge is 2.13. The number of tetrazole rings is 1. The third-order valence-corrected chi connectivity index (χ3v) is 4.30. The third kappa shape index (κ3) is 3.67. The predicted octanol–water partition coefficient (Wildman–Crippen LogP) is 2.80. The minimum atomic E-state index is -0.500. The fraction of sp³-hybridized carbons (Fsp3) is 0.118. The molecule has 0 aliphatic rings. The first-order valence-electron chi connectivity index (χ1n) is 7.75. The Morgan fingerprint density at radius 1 is 1.19 bits per heavy atom. The van der Waals surface area contributed by atoms with E-state index in [4.69, 9.17) is 9.15 Å². The van der Waals surface area contributed by atoms with Crippen LogP contribution in [0.15, 0.2) is 58.5 Å². The molecule has 3 heterocycles. The Kier molecular flexibility index (Phi) is 4.52. The number of hydrogen-bond donors (Lipinski definition) is 0. The lowest BCUT2D eigenvalue weighted by Gasteiger charge is -2.01. The minimum Gasteiger partial charge on any atom is -0.454 e. The molecule has 8 nitrogen and oxygen atoms in total. The number of aromatic nitrogens is 5. The molecule has 4 aromatic rings. The van der Waals surface area contributed by atoms with E-state index in [-0.39, 0.29) is 13.2 Å². The molecule has 1 aromatic carbocycles. The van der Waals surface area contributed by atoms with Gasteiger partial charge in [0.05, 0.1) is 11.1 Å². The van der Waals surface area contributed by atoms with Crippen LogP contribution < -0.4 is 0 Å². The van der Waals surface area contributed by atoms with Gasteiger partial charge in [-0.25, -0.2) is 9.78 Å². The van der Waals surface area contributed by atoms with E-state index in [1.54, 1.807) is 6.20 Å². The standard InChI is InChI=1S/C17H13N5O3S/c23-16(10-22-20-17(19-21-22)14-7-4-8-26-14)24-11-15-18-9-13(25-15)12-5-2-1-3-6-12/h1-9H,10-11H2. The van der Waals surface area contributed by atoms with Crippen LogP contribution in [0, 0.1) is 0 Å². The number of nitrogens with zero attached hydrogens (tertiary/aromatic N) is 5. The number of thiophene rings is 1. The maximum Gasteiger partial charge on any atom is 0.330 e. The van der Waals surface area contributed by atoms with Gasteiger partial charge in [0.2, 0.25) is 11.7 Å². The molecule has 0 saturated carbocycles. The van der Waals surface area contributed by atoms with Crippen LogP contribution in [0.4, 0.5) is 0 Å². The highest BCUT2D eigenvalue weighted by atomic mass is 32.1. The third-order valence-electron chi connectivity index (χ3n) is 3.43. The Hall–Kier alpha value is -3.33. The van der Waals surface area contributed by atoms with Crippen LogP contribution in [0.5, 0.6) is 0 Å². The van der Waals surface area contributed by atoms with E-state index in [0.717, 1.165) is 10.4 Å². The van der Waals surface area contributed by atoms with Crippen molar-refractivity contribution in [2.75, 3.05) is 0 Å². The van der Waals surface area contributed by atoms with Crippen LogP contribution in [0.2, 0.25) is 0 Å². The molecule has 0 N–H and O–H groups in total. The SMILES string of the molecule is O=C(Cn1nnc(-c2cccs2)n1)OCc1ncc(-c2ccccc2)o1. The maximum absolute atomic E-state index is 11.9. The molecule has 0 bridgehead atoms. The maximum atomic E-state index is 11.9. The molecular weight excluding hydrogens is 354 g/mol. The predicted molar refractivity (Wildman–Crippen MR) is 92.9 cm³/mol. The van der Waals surface area contributed by atoms with Gasteiger partial charge in [0.15, 0.2) is 18.9 Å². The van der Waals surface area contributed by atoms with Crippen molar-refractivity contribution in [3.8, 4) is 22.0 Å². The first-order valence-corrected chi connectivity index (χ1v) is 8.63. The number of esters is 1. The molecule has 0 unspecified atom stereocenters. The van der Waals surface area contributed by atoms with Crippen molar-refractivity contribution in [2.24, 2.45) is 0 Å². The average Bonchev–Trinajstić information content (AvgIpc) is 3.41. The quantitative estimate of drug-likeness (QED) is 0.483. The molecule has 0 radical (unpaired) electrons. The summed E-state index contributed by atoms with van der Waals surface area (Å²) in [6.07, 6.45) is 1.60. The number of rotatable bonds is 6. The van der Waals surface area contributed by atoms with Gasteiger partial charge >= 0.3 is 5.97 Å². The number of hydrogen-bond acceptors (Lipinski definition) is 8. The normalized spacial score (nSPS) is 10.8. The summed E-state index contributed by atoms with van der Waals surface area (Å²) in [6.45, 7) is -0.192. The summed E-state index contributed by atoms with van der Waals surface area (Å²) in [5.74, 6) is 0.922. The molecule has 26 heavy (non-hydrogen) atoms. The van der Waals surface area contributed by atoms with Crippen molar-refractivity contribution in [2.45, 2.75) is 13.2 Å². The topological polar surface area (TPSA) is 95.9 Å². The first-order chi connectivity index (χ1) is 12.8. The van der Waals surface area contributed by atoms with Crippen LogP contribution in [-0.2, 0) is 22.7 Å². The van der Waals surface area contributed by atoms with Gasteiger partial charge in [-0.2, -0.15) is 4.80 Å². The highest BCUT2D eigenvalue weighted by Crippen LogP contribution is 2.20. The molecular formula is C17H13N5O3S. The molecule has 130 valence electrons. The van der Waals surface area contributed by atoms with E-state index in [1.807, 2.05) is 47.8 Å². The minimum absolute atomic E-state index is 0.0574. The summed E-state index contributed by atoms with van der Waals surface area (Å²) in [7, 11) is 0. The highest BCUT2D eigenvalue weighted by molar-refractivity contribution is 7.13. The van der Waals surface area contributed by atoms with Crippen LogP contribution in [-0.4, -0.2) is 31.2 Å². The Morgan fingerprint density at radius 2 is 2.08 bits per heavy atom. The van der Waals surface area contributed by atoms with Gasteiger partial charge < -0.3 is 9.15 Å². The lowest BCUT2D eigenvalue weighted by Crippen LogP contribution is -2.15. The average molecular weight is 367 g/mol. The number of benzene rings is 1. The Labute approximate surface area is 152 Å². The summed E-state index contributed by atoms with van der Waals surface area (Å²) in [6, 6.07) is 13.4. The molecule has 4 rings (SSSR count). The fourth-order valence-corrected chi connectivity index (χ4v) is 2.88. The summed E-state index contributed by atoms with van der Waals surface area (Å²) in [5, 5.41) is 13.9. The number of carbonyl (C=O) groups is 1. The van der Waals surface area contributed by atoms with E-state index in [2.05, 4.69) is 20.4 Å². The van der Waals surface area contributed by atoms with Crippen LogP contribution in [0.1, 0.15) is 5.89 Å². The van der Waals surface area contributed by atoms with Crippen LogP contribution in [0.25, 0.3) is 22.0 Å². The smallest absolute Gasteiger partial charge is 0.330 e. The van der Waals surface area contributed by atoms with Gasteiger partial charge in [-0.05, 0) is 16.7 Å². The molecule has 0 aliphatic carbocycles. The zero-order chi connectivity index (χ0) is 17.8. The largest absolute Gasteiger partial charge is 0.454 e. The van der Waals surface area contributed by atoms with Crippen molar-refractivity contribution in [1.82, 2.24) is 25.2 Å². The second kappa shape index (κ2) is 7.28. The van der Waals surface area contributed by atoms with Crippen molar-refractivity contribution in [1.29, 1.82) is 0 Å². The lowest BCUT2D eigenvalue weighted by atomic mass is 10.2. The molecule has 0 spiro atoms. The molecule has 0 atom stereocenters. The van der Waals surface area contributed by atoms with E-state index in [9.17, 15) is 4.79 Å². The van der Waals surface area contributed by atoms with Crippen molar-refractivity contribution >= 4 is 17.3 Å². The van der Waals surface area contributed by atoms with Crippen molar-refractivity contribution in [3.05, 3.63) is 59.9 Å². The Balaban J connectivity index is 1.32. The lowest BCUT2D eigenvalue weighted by molar-refractivity contribution is -0.146. The van der Waals surface area contributed by atoms with Crippen LogP contribution >= 0.6 is 11.3 Å². The molecule has 0 amide bonds. The second-order valence-electron chi connectivity index (χ2n) is 5.27. The summed E-state index contributed by atoms with van der Waals surface area (Å²) in [4.78, 5) is 18.1. The van der Waals surface area contributed by atoms with E-state index in [0.29, 0.717) is 17.5 Å². The van der Waals surface area contributed by atoms with Gasteiger partial charge in [0.25, 0.3) is 0 Å². The summed E-state index contributed by atoms with van der Waals surface area (Å²) in [5.41, 5.74) is 0.908.